The van der Waals surface area contributed by atoms with Crippen LogP contribution in [0.4, 0.5) is 0 Å². The van der Waals surface area contributed by atoms with E-state index in [0.717, 1.165) is 59.0 Å². The molecule has 3 heterocycles. The number of hydrogen-bond acceptors (Lipinski definition) is 5. The summed E-state index contributed by atoms with van der Waals surface area (Å²) in [5.74, 6) is 2.73. The van der Waals surface area contributed by atoms with Gasteiger partial charge in [0.25, 0.3) is 11.5 Å². The predicted octanol–water partition coefficient (Wildman–Crippen LogP) is 2.64. The number of ether oxygens (including phenoxy) is 1. The molecule has 7 heteroatoms. The highest BCUT2D eigenvalue weighted by atomic mass is 32.2. The Bertz CT molecular complexity index is 1150. The lowest BCUT2D eigenvalue weighted by Gasteiger charge is -2.27. The van der Waals surface area contributed by atoms with E-state index in [4.69, 9.17) is 4.74 Å². The van der Waals surface area contributed by atoms with Gasteiger partial charge in [-0.25, -0.2) is 5.10 Å². The Balaban J connectivity index is 1.54. The van der Waals surface area contributed by atoms with Crippen LogP contribution >= 0.6 is 11.8 Å². The largest absolute Gasteiger partial charge is 0.492 e. The molecular weight excluding hydrogens is 386 g/mol. The van der Waals surface area contributed by atoms with Crippen molar-refractivity contribution in [1.29, 1.82) is 0 Å². The van der Waals surface area contributed by atoms with Crippen molar-refractivity contribution in [2.45, 2.75) is 12.8 Å². The van der Waals surface area contributed by atoms with Crippen LogP contribution in [0.15, 0.2) is 41.2 Å². The van der Waals surface area contributed by atoms with E-state index < -0.39 is 0 Å². The molecule has 0 unspecified atom stereocenters. The van der Waals surface area contributed by atoms with Gasteiger partial charge in [0.15, 0.2) is 0 Å². The third-order valence-corrected chi connectivity index (χ3v) is 6.46. The van der Waals surface area contributed by atoms with Crippen LogP contribution in [0.2, 0.25) is 0 Å². The highest BCUT2D eigenvalue weighted by Gasteiger charge is 2.27. The van der Waals surface area contributed by atoms with Gasteiger partial charge >= 0.3 is 0 Å². The zero-order chi connectivity index (χ0) is 19.8. The Morgan fingerprint density at radius 3 is 2.79 bits per heavy atom. The zero-order valence-corrected chi connectivity index (χ0v) is 16.8. The van der Waals surface area contributed by atoms with E-state index in [1.165, 1.54) is 0 Å². The maximum Gasteiger partial charge on any atom is 0.272 e. The lowest BCUT2D eigenvalue weighted by molar-refractivity contribution is 0.0768. The third kappa shape index (κ3) is 3.40. The number of amides is 1. The van der Waals surface area contributed by atoms with Crippen LogP contribution in [0.3, 0.4) is 0 Å². The Kier molecular flexibility index (Phi) is 4.75. The molecule has 1 saturated heterocycles. The van der Waals surface area contributed by atoms with Gasteiger partial charge in [-0.15, -0.1) is 0 Å². The first kappa shape index (κ1) is 18.2. The minimum absolute atomic E-state index is 0.0459. The Labute approximate surface area is 172 Å². The van der Waals surface area contributed by atoms with E-state index in [2.05, 4.69) is 16.3 Å². The summed E-state index contributed by atoms with van der Waals surface area (Å²) in [5.41, 5.74) is 3.34. The summed E-state index contributed by atoms with van der Waals surface area (Å²) in [5, 5.41) is 8.36. The molecule has 0 saturated carbocycles. The van der Waals surface area contributed by atoms with E-state index in [9.17, 15) is 9.59 Å². The lowest BCUT2D eigenvalue weighted by Crippen LogP contribution is -2.38. The summed E-state index contributed by atoms with van der Waals surface area (Å²) in [6, 6.07) is 11.5. The maximum atomic E-state index is 13.2. The number of carbonyl (C=O) groups excluding carboxylic acids is 1. The predicted molar refractivity (Wildman–Crippen MR) is 114 cm³/mol. The molecule has 1 fully saturated rings. The van der Waals surface area contributed by atoms with Gasteiger partial charge in [-0.2, -0.15) is 16.9 Å². The molecule has 0 atom stereocenters. The molecule has 2 aliphatic heterocycles. The van der Waals surface area contributed by atoms with Crippen molar-refractivity contribution >= 4 is 28.4 Å². The standard InChI is InChI=1S/C22H21N3O3S/c26-21-17-4-2-1-3-16(17)19(23-24-21)13-14-11-15-5-8-28-20(15)18(12-14)22(27)25-6-9-29-10-7-25/h1-4,11-12H,5-10,13H2,(H,24,26). The van der Waals surface area contributed by atoms with Gasteiger partial charge in [-0.05, 0) is 23.3 Å². The topological polar surface area (TPSA) is 75.3 Å². The number of aromatic nitrogens is 2. The van der Waals surface area contributed by atoms with Crippen LogP contribution in [0.1, 0.15) is 27.2 Å². The minimum atomic E-state index is -0.189. The Morgan fingerprint density at radius 2 is 1.97 bits per heavy atom. The number of carbonyl (C=O) groups is 1. The summed E-state index contributed by atoms with van der Waals surface area (Å²) < 4.78 is 5.82. The number of fused-ring (bicyclic) bond motifs is 2. The molecule has 29 heavy (non-hydrogen) atoms. The fourth-order valence-electron chi connectivity index (χ4n) is 4.07. The molecule has 0 radical (unpaired) electrons. The van der Waals surface area contributed by atoms with Gasteiger partial charge in [0.2, 0.25) is 0 Å². The van der Waals surface area contributed by atoms with Gasteiger partial charge in [0.1, 0.15) is 5.75 Å². The summed E-state index contributed by atoms with van der Waals surface area (Å²) >= 11 is 1.88. The van der Waals surface area contributed by atoms with Crippen LogP contribution < -0.4 is 10.3 Å². The van der Waals surface area contributed by atoms with Gasteiger partial charge in [0.05, 0.1) is 23.3 Å². The number of thioether (sulfide) groups is 1. The molecule has 0 spiro atoms. The number of nitrogens with zero attached hydrogens (tertiary/aromatic N) is 2. The summed E-state index contributed by atoms with van der Waals surface area (Å²) in [6.07, 6.45) is 1.35. The van der Waals surface area contributed by atoms with Gasteiger partial charge in [0, 0.05) is 42.8 Å². The van der Waals surface area contributed by atoms with E-state index in [0.29, 0.717) is 24.0 Å². The smallest absolute Gasteiger partial charge is 0.272 e. The number of H-pyrrole nitrogens is 1. The highest BCUT2D eigenvalue weighted by molar-refractivity contribution is 7.99. The second-order valence-electron chi connectivity index (χ2n) is 7.36. The fraction of sp³-hybridized carbons (Fsp3) is 0.318. The first-order valence-electron chi connectivity index (χ1n) is 9.82. The number of aromatic amines is 1. The van der Waals surface area contributed by atoms with E-state index in [1.54, 1.807) is 6.07 Å². The van der Waals surface area contributed by atoms with Crippen molar-refractivity contribution in [3.8, 4) is 5.75 Å². The first-order chi connectivity index (χ1) is 14.2. The van der Waals surface area contributed by atoms with E-state index >= 15 is 0 Å². The van der Waals surface area contributed by atoms with E-state index in [-0.39, 0.29) is 11.5 Å². The van der Waals surface area contributed by atoms with Crippen LogP contribution in [0.25, 0.3) is 10.8 Å². The summed E-state index contributed by atoms with van der Waals surface area (Å²) in [6.45, 7) is 2.15. The summed E-state index contributed by atoms with van der Waals surface area (Å²) in [7, 11) is 0. The number of hydrogen-bond donors (Lipinski definition) is 1. The normalized spacial score (nSPS) is 15.9. The quantitative estimate of drug-likeness (QED) is 0.722. The number of rotatable bonds is 3. The van der Waals surface area contributed by atoms with Gasteiger partial charge < -0.3 is 9.64 Å². The second kappa shape index (κ2) is 7.55. The van der Waals surface area contributed by atoms with Crippen LogP contribution in [-0.2, 0) is 12.8 Å². The molecule has 0 bridgehead atoms. The van der Waals surface area contributed by atoms with Crippen molar-refractivity contribution in [3.63, 3.8) is 0 Å². The molecule has 2 aliphatic rings. The average molecular weight is 407 g/mol. The minimum Gasteiger partial charge on any atom is -0.492 e. The van der Waals surface area contributed by atoms with Crippen molar-refractivity contribution in [2.24, 2.45) is 0 Å². The monoisotopic (exact) mass is 407 g/mol. The van der Waals surface area contributed by atoms with Crippen molar-refractivity contribution in [2.75, 3.05) is 31.2 Å². The molecule has 2 aromatic carbocycles. The highest BCUT2D eigenvalue weighted by Crippen LogP contribution is 2.33. The van der Waals surface area contributed by atoms with Crippen LogP contribution in [0.5, 0.6) is 5.75 Å². The molecule has 148 valence electrons. The molecule has 0 aliphatic carbocycles. The van der Waals surface area contributed by atoms with Crippen LogP contribution in [0, 0.1) is 0 Å². The van der Waals surface area contributed by atoms with Crippen molar-refractivity contribution < 1.29 is 9.53 Å². The molecule has 6 nitrogen and oxygen atoms in total. The number of nitrogens with one attached hydrogen (secondary N) is 1. The molecular formula is C22H21N3O3S. The summed E-state index contributed by atoms with van der Waals surface area (Å²) in [4.78, 5) is 27.2. The average Bonchev–Trinajstić information content (AvgIpc) is 3.24. The third-order valence-electron chi connectivity index (χ3n) is 5.52. The lowest BCUT2D eigenvalue weighted by atomic mass is 9.98. The zero-order valence-electron chi connectivity index (χ0n) is 15.9. The number of benzene rings is 2. The molecule has 1 amide bonds. The van der Waals surface area contributed by atoms with Gasteiger partial charge in [-0.1, -0.05) is 24.3 Å². The van der Waals surface area contributed by atoms with E-state index in [1.807, 2.05) is 40.9 Å². The molecule has 5 rings (SSSR count). The molecule has 3 aromatic rings. The Hall–Kier alpha value is -2.80. The molecule has 1 aromatic heterocycles. The second-order valence-corrected chi connectivity index (χ2v) is 8.58. The van der Waals surface area contributed by atoms with Crippen molar-refractivity contribution in [3.05, 3.63) is 69.1 Å². The maximum absolute atomic E-state index is 13.2. The molecule has 1 N–H and O–H groups in total. The Morgan fingerprint density at radius 1 is 1.17 bits per heavy atom. The first-order valence-corrected chi connectivity index (χ1v) is 11.0. The van der Waals surface area contributed by atoms with Crippen molar-refractivity contribution in [1.82, 2.24) is 15.1 Å². The van der Waals surface area contributed by atoms with Gasteiger partial charge in [-0.3, -0.25) is 9.59 Å². The van der Waals surface area contributed by atoms with Crippen LogP contribution in [-0.4, -0.2) is 52.2 Å². The SMILES string of the molecule is O=C(c1cc(Cc2n[nH]c(=O)c3ccccc23)cc2c1OCC2)N1CCSCC1. The fourth-order valence-corrected chi connectivity index (χ4v) is 4.97.